The number of nitrogens with one attached hydrogen (secondary N) is 2. The Labute approximate surface area is 120 Å². The molecule has 0 bridgehead atoms. The Balaban J connectivity index is 1.92. The number of rotatable bonds is 5. The first-order valence-electron chi connectivity index (χ1n) is 6.41. The van der Waals surface area contributed by atoms with E-state index in [2.05, 4.69) is 25.9 Å². The number of fused-ring (bicyclic) bond motifs is 1. The maximum atomic E-state index is 12.3. The molecule has 0 spiro atoms. The van der Waals surface area contributed by atoms with Crippen molar-refractivity contribution >= 4 is 22.8 Å². The van der Waals surface area contributed by atoms with Gasteiger partial charge in [-0.15, -0.1) is 5.10 Å². The third-order valence-corrected chi connectivity index (χ3v) is 3.17. The monoisotopic (exact) mass is 286 g/mol. The van der Waals surface area contributed by atoms with E-state index in [1.54, 1.807) is 13.2 Å². The Bertz CT molecular complexity index is 749. The van der Waals surface area contributed by atoms with Crippen molar-refractivity contribution in [3.8, 4) is 0 Å². The molecular formula is C13H14N6O2. The summed E-state index contributed by atoms with van der Waals surface area (Å²) in [5.74, 6) is -0.123. The molecule has 2 heterocycles. The lowest BCUT2D eigenvalue weighted by Crippen LogP contribution is -2.13. The van der Waals surface area contributed by atoms with Gasteiger partial charge >= 0.3 is 0 Å². The molecule has 0 fully saturated rings. The fourth-order valence-corrected chi connectivity index (χ4v) is 2.19. The van der Waals surface area contributed by atoms with Gasteiger partial charge in [-0.05, 0) is 23.4 Å². The van der Waals surface area contributed by atoms with Crippen LogP contribution in [0.3, 0.4) is 0 Å². The third-order valence-electron chi connectivity index (χ3n) is 3.17. The van der Waals surface area contributed by atoms with E-state index in [0.717, 1.165) is 17.4 Å². The third kappa shape index (κ3) is 2.61. The van der Waals surface area contributed by atoms with E-state index in [-0.39, 0.29) is 11.9 Å². The molecule has 0 aliphatic heterocycles. The molecule has 3 rings (SSSR count). The molecular weight excluding hydrogens is 272 g/mol. The number of carbonyl (C=O) groups is 1. The number of ether oxygens (including phenoxy) is 1. The predicted molar refractivity (Wildman–Crippen MR) is 75.9 cm³/mol. The Kier molecular flexibility index (Phi) is 3.61. The van der Waals surface area contributed by atoms with Crippen LogP contribution in [0.15, 0.2) is 30.5 Å². The maximum Gasteiger partial charge on any atom is 0.270 e. The van der Waals surface area contributed by atoms with E-state index < -0.39 is 0 Å². The summed E-state index contributed by atoms with van der Waals surface area (Å²) in [6.45, 7) is 1.35. The Morgan fingerprint density at radius 1 is 1.43 bits per heavy atom. The van der Waals surface area contributed by atoms with Gasteiger partial charge in [-0.1, -0.05) is 11.2 Å². The standard InChI is InChI=1S/C13H14N6O2/c1-21-8-7-19-6-5-9-10(3-2-4-11(9)19)12(20)14-13-15-17-18-16-13/h2-6H,7-8H2,1H3,(H2,14,15,16,17,18,20). The SMILES string of the molecule is COCCn1ccc2c(C(=O)Nc3nn[nH]n3)cccc21. The van der Waals surface area contributed by atoms with Crippen LogP contribution >= 0.6 is 0 Å². The molecule has 0 saturated heterocycles. The lowest BCUT2D eigenvalue weighted by molar-refractivity contribution is 0.102. The van der Waals surface area contributed by atoms with Crippen LogP contribution in [0.5, 0.6) is 0 Å². The number of hydrogen-bond donors (Lipinski definition) is 2. The molecule has 2 N–H and O–H groups in total. The van der Waals surface area contributed by atoms with Crippen molar-refractivity contribution in [2.24, 2.45) is 0 Å². The van der Waals surface area contributed by atoms with Crippen molar-refractivity contribution in [1.82, 2.24) is 25.2 Å². The summed E-state index contributed by atoms with van der Waals surface area (Å²) in [4.78, 5) is 12.3. The fourth-order valence-electron chi connectivity index (χ4n) is 2.19. The number of nitrogens with zero attached hydrogens (tertiary/aromatic N) is 4. The summed E-state index contributed by atoms with van der Waals surface area (Å²) >= 11 is 0. The number of methoxy groups -OCH3 is 1. The minimum atomic E-state index is -0.272. The largest absolute Gasteiger partial charge is 0.383 e. The van der Waals surface area contributed by atoms with E-state index >= 15 is 0 Å². The molecule has 0 unspecified atom stereocenters. The van der Waals surface area contributed by atoms with Crippen molar-refractivity contribution in [1.29, 1.82) is 0 Å². The predicted octanol–water partition coefficient (Wildman–Crippen LogP) is 1.05. The maximum absolute atomic E-state index is 12.3. The highest BCUT2D eigenvalue weighted by molar-refractivity contribution is 6.12. The zero-order valence-corrected chi connectivity index (χ0v) is 11.4. The van der Waals surface area contributed by atoms with E-state index in [9.17, 15) is 4.79 Å². The van der Waals surface area contributed by atoms with Crippen molar-refractivity contribution in [3.63, 3.8) is 0 Å². The molecule has 0 radical (unpaired) electrons. The average molecular weight is 286 g/mol. The lowest BCUT2D eigenvalue weighted by atomic mass is 10.1. The van der Waals surface area contributed by atoms with E-state index in [0.29, 0.717) is 12.2 Å². The highest BCUT2D eigenvalue weighted by Gasteiger charge is 2.13. The van der Waals surface area contributed by atoms with Crippen LogP contribution < -0.4 is 5.32 Å². The van der Waals surface area contributed by atoms with E-state index in [4.69, 9.17) is 4.74 Å². The van der Waals surface area contributed by atoms with Crippen LogP contribution in [0, 0.1) is 0 Å². The van der Waals surface area contributed by atoms with Crippen molar-refractivity contribution in [3.05, 3.63) is 36.0 Å². The van der Waals surface area contributed by atoms with Gasteiger partial charge < -0.3 is 9.30 Å². The second-order valence-corrected chi connectivity index (χ2v) is 4.43. The average Bonchev–Trinajstić information content (AvgIpc) is 3.14. The van der Waals surface area contributed by atoms with Crippen LogP contribution in [0.25, 0.3) is 10.9 Å². The number of anilines is 1. The summed E-state index contributed by atoms with van der Waals surface area (Å²) in [7, 11) is 1.66. The van der Waals surface area contributed by atoms with Crippen LogP contribution in [0.2, 0.25) is 0 Å². The molecule has 21 heavy (non-hydrogen) atoms. The highest BCUT2D eigenvalue weighted by atomic mass is 16.5. The highest BCUT2D eigenvalue weighted by Crippen LogP contribution is 2.21. The van der Waals surface area contributed by atoms with Gasteiger partial charge in [-0.25, -0.2) is 0 Å². The van der Waals surface area contributed by atoms with Crippen LogP contribution in [0.4, 0.5) is 5.95 Å². The second kappa shape index (κ2) is 5.71. The summed E-state index contributed by atoms with van der Waals surface area (Å²) in [5, 5.41) is 16.6. The first-order chi connectivity index (χ1) is 10.3. The van der Waals surface area contributed by atoms with Gasteiger partial charge in [0.15, 0.2) is 0 Å². The van der Waals surface area contributed by atoms with Gasteiger partial charge in [0.2, 0.25) is 0 Å². The first kappa shape index (κ1) is 13.3. The normalized spacial score (nSPS) is 10.9. The molecule has 8 nitrogen and oxygen atoms in total. The van der Waals surface area contributed by atoms with Crippen molar-refractivity contribution in [2.75, 3.05) is 19.0 Å². The van der Waals surface area contributed by atoms with Gasteiger partial charge in [-0.2, -0.15) is 5.21 Å². The summed E-state index contributed by atoms with van der Waals surface area (Å²) in [6, 6.07) is 7.49. The van der Waals surface area contributed by atoms with Crippen molar-refractivity contribution < 1.29 is 9.53 Å². The smallest absolute Gasteiger partial charge is 0.270 e. The number of benzene rings is 1. The Hall–Kier alpha value is -2.74. The number of H-pyrrole nitrogens is 1. The lowest BCUT2D eigenvalue weighted by Gasteiger charge is -2.06. The zero-order valence-electron chi connectivity index (χ0n) is 11.4. The molecule has 108 valence electrons. The number of aromatic amines is 1. The van der Waals surface area contributed by atoms with Gasteiger partial charge in [0.05, 0.1) is 6.61 Å². The minimum Gasteiger partial charge on any atom is -0.383 e. The molecule has 2 aromatic heterocycles. The topological polar surface area (TPSA) is 97.7 Å². The van der Waals surface area contributed by atoms with E-state index in [1.807, 2.05) is 29.0 Å². The van der Waals surface area contributed by atoms with Gasteiger partial charge in [-0.3, -0.25) is 10.1 Å². The van der Waals surface area contributed by atoms with Crippen LogP contribution in [-0.2, 0) is 11.3 Å². The molecule has 0 aliphatic rings. The van der Waals surface area contributed by atoms with Gasteiger partial charge in [0.1, 0.15) is 0 Å². The second-order valence-electron chi connectivity index (χ2n) is 4.43. The number of tetrazole rings is 1. The Morgan fingerprint density at radius 3 is 3.10 bits per heavy atom. The van der Waals surface area contributed by atoms with Gasteiger partial charge in [0.25, 0.3) is 11.9 Å². The quantitative estimate of drug-likeness (QED) is 0.730. The van der Waals surface area contributed by atoms with Gasteiger partial charge in [0, 0.05) is 36.3 Å². The van der Waals surface area contributed by atoms with E-state index in [1.165, 1.54) is 0 Å². The number of amides is 1. The van der Waals surface area contributed by atoms with Crippen LogP contribution in [-0.4, -0.2) is 44.8 Å². The zero-order chi connectivity index (χ0) is 14.7. The number of hydrogen-bond acceptors (Lipinski definition) is 5. The summed E-state index contributed by atoms with van der Waals surface area (Å²) < 4.78 is 7.13. The fraction of sp³-hybridized carbons (Fsp3) is 0.231. The van der Waals surface area contributed by atoms with Crippen LogP contribution in [0.1, 0.15) is 10.4 Å². The van der Waals surface area contributed by atoms with Crippen molar-refractivity contribution in [2.45, 2.75) is 6.54 Å². The molecule has 1 aromatic carbocycles. The molecule has 3 aromatic rings. The molecule has 0 atom stereocenters. The minimum absolute atomic E-state index is 0.149. The summed E-state index contributed by atoms with van der Waals surface area (Å²) in [5.41, 5.74) is 1.54. The Morgan fingerprint density at radius 2 is 2.33 bits per heavy atom. The molecule has 8 heteroatoms. The molecule has 0 saturated carbocycles. The molecule has 1 amide bonds. The first-order valence-corrected chi connectivity index (χ1v) is 6.41. The number of aromatic nitrogens is 5. The number of carbonyl (C=O) groups excluding carboxylic acids is 1. The summed E-state index contributed by atoms with van der Waals surface area (Å²) in [6.07, 6.45) is 1.94. The molecule has 0 aliphatic carbocycles.